The molecule has 1 aromatic carbocycles. The van der Waals surface area contributed by atoms with Gasteiger partial charge in [0.05, 0.1) is 18.4 Å². The maximum absolute atomic E-state index is 14.5. The zero-order valence-corrected chi connectivity index (χ0v) is 38.6. The van der Waals surface area contributed by atoms with Crippen molar-refractivity contribution in [2.24, 2.45) is 56.2 Å². The first-order chi connectivity index (χ1) is 27.5. The lowest BCUT2D eigenvalue weighted by Gasteiger charge is -2.72. The average molecular weight is 839 g/mol. The Morgan fingerprint density at radius 2 is 1.61 bits per heavy atom. The van der Waals surface area contributed by atoms with Crippen molar-refractivity contribution in [1.29, 1.82) is 0 Å². The Labute approximate surface area is 358 Å². The number of benzene rings is 1. The molecule has 0 heterocycles. The fourth-order valence-electron chi connectivity index (χ4n) is 14.0. The summed E-state index contributed by atoms with van der Waals surface area (Å²) < 4.78 is 18.2. The summed E-state index contributed by atoms with van der Waals surface area (Å²) in [6, 6.07) is 7.87. The number of nitrogens with zero attached hydrogens (tertiary/aromatic N) is 1. The number of fused-ring (bicyclic) bond motifs is 7. The molecule has 59 heavy (non-hydrogen) atoms. The molecular formula is C49H72ClNO8. The van der Waals surface area contributed by atoms with E-state index in [4.69, 9.17) is 25.8 Å². The molecule has 1 N–H and O–H groups in total. The number of hydrogen-bond donors (Lipinski definition) is 1. The Bertz CT molecular complexity index is 1820. The number of carbonyl (C=O) groups is 4. The molecule has 4 fully saturated rings. The number of aliphatic carboxylic acids is 1. The van der Waals surface area contributed by atoms with Crippen LogP contribution < -0.4 is 0 Å². The van der Waals surface area contributed by atoms with E-state index in [-0.39, 0.29) is 57.8 Å². The van der Waals surface area contributed by atoms with Crippen LogP contribution in [-0.4, -0.2) is 72.7 Å². The van der Waals surface area contributed by atoms with Crippen molar-refractivity contribution in [3.05, 3.63) is 46.0 Å². The van der Waals surface area contributed by atoms with Crippen molar-refractivity contribution in [2.45, 2.75) is 152 Å². The topological polar surface area (TPSA) is 119 Å². The predicted octanol–water partition coefficient (Wildman–Crippen LogP) is 10.1. The summed E-state index contributed by atoms with van der Waals surface area (Å²) in [5, 5.41) is 10.3. The Balaban J connectivity index is 1.33. The van der Waals surface area contributed by atoms with Gasteiger partial charge in [0.25, 0.3) is 0 Å². The maximum Gasteiger partial charge on any atom is 0.309 e. The molecule has 0 bridgehead atoms. The predicted molar refractivity (Wildman–Crippen MR) is 230 cm³/mol. The molecule has 328 valence electrons. The van der Waals surface area contributed by atoms with Gasteiger partial charge in [-0.1, -0.05) is 72.2 Å². The lowest BCUT2D eigenvalue weighted by molar-refractivity contribution is -0.235. The van der Waals surface area contributed by atoms with Gasteiger partial charge in [-0.3, -0.25) is 24.1 Å². The number of esters is 2. The molecule has 10 heteroatoms. The fraction of sp³-hybridized carbons (Fsp3) is 0.755. The number of carbonyl (C=O) groups excluding carboxylic acids is 3. The van der Waals surface area contributed by atoms with Crippen molar-refractivity contribution < 1.29 is 38.5 Å². The number of carboxylic acid groups (broad SMARTS) is 1. The van der Waals surface area contributed by atoms with Crippen molar-refractivity contribution in [2.75, 3.05) is 26.8 Å². The number of methoxy groups -OCH3 is 1. The highest BCUT2D eigenvalue weighted by Crippen LogP contribution is 2.77. The van der Waals surface area contributed by atoms with Gasteiger partial charge in [0.2, 0.25) is 0 Å². The van der Waals surface area contributed by atoms with Gasteiger partial charge in [-0.15, -0.1) is 0 Å². The monoisotopic (exact) mass is 837 g/mol. The number of ether oxygens (including phenoxy) is 3. The van der Waals surface area contributed by atoms with E-state index in [0.717, 1.165) is 62.5 Å². The first-order valence-electron chi connectivity index (χ1n) is 22.3. The quantitative estimate of drug-likeness (QED) is 0.183. The number of ketones is 1. The van der Waals surface area contributed by atoms with E-state index in [1.54, 1.807) is 21.0 Å². The highest BCUT2D eigenvalue weighted by Gasteiger charge is 2.71. The van der Waals surface area contributed by atoms with Crippen LogP contribution in [0.1, 0.15) is 139 Å². The van der Waals surface area contributed by atoms with Crippen LogP contribution >= 0.6 is 11.6 Å². The number of carboxylic acids is 1. The number of halogens is 1. The highest BCUT2D eigenvalue weighted by molar-refractivity contribution is 6.30. The van der Waals surface area contributed by atoms with E-state index < -0.39 is 28.9 Å². The molecule has 0 aromatic heterocycles. The van der Waals surface area contributed by atoms with Gasteiger partial charge in [-0.05, 0) is 134 Å². The Morgan fingerprint density at radius 1 is 0.932 bits per heavy atom. The summed E-state index contributed by atoms with van der Waals surface area (Å²) in [6.45, 7) is 23.4. The first-order valence-corrected chi connectivity index (χ1v) is 22.7. The minimum Gasteiger partial charge on any atom is -0.481 e. The van der Waals surface area contributed by atoms with E-state index in [9.17, 15) is 24.3 Å². The van der Waals surface area contributed by atoms with Crippen LogP contribution in [0.4, 0.5) is 0 Å². The molecule has 9 nitrogen and oxygen atoms in total. The van der Waals surface area contributed by atoms with E-state index in [0.29, 0.717) is 49.5 Å². The molecule has 5 aliphatic rings. The minimum atomic E-state index is -1.18. The van der Waals surface area contributed by atoms with Crippen molar-refractivity contribution >= 4 is 35.3 Å². The summed E-state index contributed by atoms with van der Waals surface area (Å²) >= 11 is 6.25. The lowest BCUT2D eigenvalue weighted by Crippen LogP contribution is -2.66. The van der Waals surface area contributed by atoms with Gasteiger partial charge in [-0.2, -0.15) is 0 Å². The largest absolute Gasteiger partial charge is 0.481 e. The van der Waals surface area contributed by atoms with Crippen LogP contribution in [0.5, 0.6) is 0 Å². The number of allylic oxidation sites excluding steroid dienone is 1. The normalized spacial score (nSPS) is 34.4. The Hall–Kier alpha value is -2.75. The third-order valence-corrected chi connectivity index (χ3v) is 17.4. The lowest BCUT2D eigenvalue weighted by atomic mass is 9.33. The zero-order chi connectivity index (χ0) is 43.5. The smallest absolute Gasteiger partial charge is 0.309 e. The van der Waals surface area contributed by atoms with Gasteiger partial charge in [0, 0.05) is 55.9 Å². The minimum absolute atomic E-state index is 0.00479. The Morgan fingerprint density at radius 3 is 2.22 bits per heavy atom. The molecular weight excluding hydrogens is 766 g/mol. The maximum atomic E-state index is 14.5. The van der Waals surface area contributed by atoms with Crippen LogP contribution in [-0.2, 0) is 39.9 Å². The van der Waals surface area contributed by atoms with Gasteiger partial charge in [0.15, 0.2) is 5.78 Å². The molecule has 1 aromatic rings. The molecule has 0 aliphatic heterocycles. The summed E-state index contributed by atoms with van der Waals surface area (Å²) in [5.41, 5.74) is 1.25. The van der Waals surface area contributed by atoms with Crippen molar-refractivity contribution in [1.82, 2.24) is 4.90 Å². The summed E-state index contributed by atoms with van der Waals surface area (Å²) in [7, 11) is 1.70. The second kappa shape index (κ2) is 16.5. The molecule has 0 radical (unpaired) electrons. The average Bonchev–Trinajstić information content (AvgIpc) is 3.45. The number of Topliss-reactive ketones (excluding diaryl/α,β-unsaturated/α-hetero) is 1. The van der Waals surface area contributed by atoms with Gasteiger partial charge >= 0.3 is 17.9 Å². The fourth-order valence-corrected chi connectivity index (χ4v) is 14.1. The van der Waals surface area contributed by atoms with Crippen LogP contribution in [0.2, 0.25) is 5.02 Å². The third-order valence-electron chi connectivity index (χ3n) is 17.1. The SMILES string of the molecule is COCCN(Cc1ccc(Cl)cc1)C[C@H](OC(C)=O)[C@@]12CC[C@]3(C)[C@H](CC[C@@H]4[C@@]5(C)CC[C@H](OC(=O)CC(C)(C)C(=O)O)C(C)(C)[C@@H]5CC[C@]43C)C1=C(C(C)C)C(=O)C2. The third kappa shape index (κ3) is 7.96. The number of rotatable bonds is 14. The van der Waals surface area contributed by atoms with Crippen molar-refractivity contribution in [3.63, 3.8) is 0 Å². The summed E-state index contributed by atoms with van der Waals surface area (Å²) in [5.74, 6) is -0.531. The highest BCUT2D eigenvalue weighted by atomic mass is 35.5. The van der Waals surface area contributed by atoms with Gasteiger partial charge < -0.3 is 19.3 Å². The molecule has 9 atom stereocenters. The molecule has 0 unspecified atom stereocenters. The second-order valence-electron chi connectivity index (χ2n) is 21.5. The van der Waals surface area contributed by atoms with Crippen LogP contribution in [0.15, 0.2) is 35.4 Å². The van der Waals surface area contributed by atoms with E-state index >= 15 is 0 Å². The van der Waals surface area contributed by atoms with Crippen LogP contribution in [0.25, 0.3) is 0 Å². The second-order valence-corrected chi connectivity index (χ2v) is 21.9. The number of hydrogen-bond acceptors (Lipinski definition) is 8. The standard InChI is InChI=1S/C49H72ClNO8/c1-30(2)41-35(53)26-49(39(58-31(3)52)29-51(24-25-57-11)28-32-12-14-33(50)15-13-32)23-22-47(9)34(42(41)49)16-17-37-46(8)20-19-38(59-40(54)27-44(4,5)43(55)56)45(6,7)36(46)18-21-48(37,47)10/h12-15,30,34,36-39H,16-29H2,1-11H3,(H,55,56)/t34-,36+,37-,38+,39+,46+,47-,48-,49+/m1/s1. The summed E-state index contributed by atoms with van der Waals surface area (Å²) in [4.78, 5) is 55.0. The van der Waals surface area contributed by atoms with E-state index in [2.05, 4.69) is 53.4 Å². The van der Waals surface area contributed by atoms with E-state index in [1.807, 2.05) is 24.3 Å². The molecule has 0 amide bonds. The van der Waals surface area contributed by atoms with Gasteiger partial charge in [-0.25, -0.2) is 0 Å². The molecule has 6 rings (SSSR count). The Kier molecular flexibility index (Phi) is 12.8. The summed E-state index contributed by atoms with van der Waals surface area (Å²) in [6.07, 6.45) is 6.98. The van der Waals surface area contributed by atoms with Crippen LogP contribution in [0, 0.1) is 56.2 Å². The van der Waals surface area contributed by atoms with Gasteiger partial charge in [0.1, 0.15) is 12.2 Å². The van der Waals surface area contributed by atoms with Crippen LogP contribution in [0.3, 0.4) is 0 Å². The molecule has 0 saturated heterocycles. The molecule has 5 aliphatic carbocycles. The van der Waals surface area contributed by atoms with E-state index in [1.165, 1.54) is 12.5 Å². The molecule has 0 spiro atoms. The van der Waals surface area contributed by atoms with Crippen molar-refractivity contribution in [3.8, 4) is 0 Å². The molecule has 4 saturated carbocycles. The zero-order valence-electron chi connectivity index (χ0n) is 37.8. The first kappa shape index (κ1) is 45.8.